The fraction of sp³-hybridized carbons (Fsp3) is 0.417. The van der Waals surface area contributed by atoms with Crippen LogP contribution in [0.1, 0.15) is 45.7 Å². The lowest BCUT2D eigenvalue weighted by Gasteiger charge is -2.28. The number of amides is 2. The summed E-state index contributed by atoms with van der Waals surface area (Å²) in [6.45, 7) is 10.7. The minimum Gasteiger partial charge on any atom is -0.483 e. The SMILES string of the molecule is CCNC(=O)C(C)N(Cc1ccccc1)C(=O)COc1ccc(C(C)(C)C)cc1Br. The average molecular weight is 475 g/mol. The molecule has 0 heterocycles. The lowest BCUT2D eigenvalue weighted by molar-refractivity contribution is -0.142. The molecule has 0 saturated carbocycles. The number of likely N-dealkylation sites (N-methyl/N-ethyl adjacent to an activating group) is 1. The van der Waals surface area contributed by atoms with Gasteiger partial charge >= 0.3 is 0 Å². The van der Waals surface area contributed by atoms with Gasteiger partial charge in [-0.1, -0.05) is 57.2 Å². The van der Waals surface area contributed by atoms with Gasteiger partial charge in [0.2, 0.25) is 5.91 Å². The number of nitrogens with zero attached hydrogens (tertiary/aromatic N) is 1. The zero-order chi connectivity index (χ0) is 22.3. The van der Waals surface area contributed by atoms with Gasteiger partial charge in [-0.15, -0.1) is 0 Å². The molecule has 1 unspecified atom stereocenters. The molecular weight excluding hydrogens is 444 g/mol. The minimum absolute atomic E-state index is 0.0193. The monoisotopic (exact) mass is 474 g/mol. The van der Waals surface area contributed by atoms with E-state index in [0.717, 1.165) is 10.0 Å². The summed E-state index contributed by atoms with van der Waals surface area (Å²) in [6, 6.07) is 14.9. The van der Waals surface area contributed by atoms with Gasteiger partial charge < -0.3 is 15.0 Å². The van der Waals surface area contributed by atoms with Crippen LogP contribution in [0.15, 0.2) is 53.0 Å². The molecule has 0 aliphatic carbocycles. The number of carbonyl (C=O) groups excluding carboxylic acids is 2. The van der Waals surface area contributed by atoms with Gasteiger partial charge in [0.05, 0.1) is 4.47 Å². The van der Waals surface area contributed by atoms with Gasteiger partial charge in [-0.05, 0) is 58.5 Å². The molecule has 6 heteroatoms. The second-order valence-electron chi connectivity index (χ2n) is 8.26. The molecule has 0 aliphatic rings. The maximum absolute atomic E-state index is 13.0. The maximum Gasteiger partial charge on any atom is 0.261 e. The molecule has 0 saturated heterocycles. The summed E-state index contributed by atoms with van der Waals surface area (Å²) in [5.74, 6) is 0.170. The third-order valence-electron chi connectivity index (χ3n) is 4.86. The molecular formula is C24H31BrN2O3. The number of hydrogen-bond donors (Lipinski definition) is 1. The number of ether oxygens (including phenoxy) is 1. The number of carbonyl (C=O) groups is 2. The second kappa shape index (κ2) is 10.6. The van der Waals surface area contributed by atoms with E-state index in [1.54, 1.807) is 11.8 Å². The standard InChI is InChI=1S/C24H31BrN2O3/c1-6-26-23(29)17(2)27(15-18-10-8-7-9-11-18)22(28)16-30-21-13-12-19(14-20(21)25)24(3,4)5/h7-14,17H,6,15-16H2,1-5H3,(H,26,29). The fourth-order valence-corrected chi connectivity index (χ4v) is 3.48. The Bertz CT molecular complexity index is 862. The first-order chi connectivity index (χ1) is 14.1. The summed E-state index contributed by atoms with van der Waals surface area (Å²) in [7, 11) is 0. The Morgan fingerprint density at radius 1 is 1.13 bits per heavy atom. The van der Waals surface area contributed by atoms with Crippen LogP contribution < -0.4 is 10.1 Å². The van der Waals surface area contributed by atoms with Crippen molar-refractivity contribution >= 4 is 27.7 Å². The van der Waals surface area contributed by atoms with Crippen molar-refractivity contribution in [2.24, 2.45) is 0 Å². The second-order valence-corrected chi connectivity index (χ2v) is 9.12. The van der Waals surface area contributed by atoms with Crippen LogP contribution in [0.4, 0.5) is 0 Å². The van der Waals surface area contributed by atoms with Gasteiger partial charge in [-0.25, -0.2) is 0 Å². The molecule has 0 aromatic heterocycles. The van der Waals surface area contributed by atoms with E-state index in [1.807, 2.05) is 55.5 Å². The van der Waals surface area contributed by atoms with E-state index in [2.05, 4.69) is 42.0 Å². The largest absolute Gasteiger partial charge is 0.483 e. The Morgan fingerprint density at radius 2 is 1.80 bits per heavy atom. The van der Waals surface area contributed by atoms with Crippen LogP contribution in [0.25, 0.3) is 0 Å². The third kappa shape index (κ3) is 6.59. The summed E-state index contributed by atoms with van der Waals surface area (Å²) in [5, 5.41) is 2.79. The number of hydrogen-bond acceptors (Lipinski definition) is 3. The summed E-state index contributed by atoms with van der Waals surface area (Å²) >= 11 is 3.54. The first-order valence-corrected chi connectivity index (χ1v) is 11.0. The zero-order valence-electron chi connectivity index (χ0n) is 18.4. The fourth-order valence-electron chi connectivity index (χ4n) is 2.99. The van der Waals surface area contributed by atoms with Crippen LogP contribution in [0.5, 0.6) is 5.75 Å². The van der Waals surface area contributed by atoms with Crippen LogP contribution in [0.3, 0.4) is 0 Å². The predicted octanol–water partition coefficient (Wildman–Crippen LogP) is 4.68. The van der Waals surface area contributed by atoms with Crippen LogP contribution >= 0.6 is 15.9 Å². The highest BCUT2D eigenvalue weighted by atomic mass is 79.9. The quantitative estimate of drug-likeness (QED) is 0.603. The van der Waals surface area contributed by atoms with Gasteiger partial charge in [0, 0.05) is 13.1 Å². The van der Waals surface area contributed by atoms with Gasteiger partial charge in [-0.2, -0.15) is 0 Å². The molecule has 0 fully saturated rings. The van der Waals surface area contributed by atoms with E-state index in [9.17, 15) is 9.59 Å². The number of halogens is 1. The maximum atomic E-state index is 13.0. The highest BCUT2D eigenvalue weighted by Gasteiger charge is 2.26. The molecule has 1 N–H and O–H groups in total. The van der Waals surface area contributed by atoms with Crippen molar-refractivity contribution in [1.82, 2.24) is 10.2 Å². The van der Waals surface area contributed by atoms with Gasteiger partial charge in [-0.3, -0.25) is 9.59 Å². The molecule has 0 radical (unpaired) electrons. The molecule has 1 atom stereocenters. The smallest absolute Gasteiger partial charge is 0.261 e. The van der Waals surface area contributed by atoms with Crippen molar-refractivity contribution in [1.29, 1.82) is 0 Å². The predicted molar refractivity (Wildman–Crippen MR) is 123 cm³/mol. The van der Waals surface area contributed by atoms with Crippen molar-refractivity contribution in [2.75, 3.05) is 13.2 Å². The van der Waals surface area contributed by atoms with Crippen LogP contribution in [0, 0.1) is 0 Å². The summed E-state index contributed by atoms with van der Waals surface area (Å²) < 4.78 is 6.61. The highest BCUT2D eigenvalue weighted by molar-refractivity contribution is 9.10. The Hall–Kier alpha value is -2.34. The van der Waals surface area contributed by atoms with Crippen LogP contribution in [-0.2, 0) is 21.5 Å². The number of nitrogens with one attached hydrogen (secondary N) is 1. The van der Waals surface area contributed by atoms with Gasteiger partial charge in [0.1, 0.15) is 11.8 Å². The Balaban J connectivity index is 2.14. The average Bonchev–Trinajstić information content (AvgIpc) is 2.70. The summed E-state index contributed by atoms with van der Waals surface area (Å²) in [6.07, 6.45) is 0. The van der Waals surface area contributed by atoms with E-state index in [1.165, 1.54) is 5.56 Å². The first-order valence-electron chi connectivity index (χ1n) is 10.2. The molecule has 30 heavy (non-hydrogen) atoms. The molecule has 5 nitrogen and oxygen atoms in total. The van der Waals surface area contributed by atoms with Crippen molar-refractivity contribution < 1.29 is 14.3 Å². The number of benzene rings is 2. The van der Waals surface area contributed by atoms with E-state index in [-0.39, 0.29) is 23.8 Å². The van der Waals surface area contributed by atoms with Gasteiger partial charge in [0.25, 0.3) is 5.91 Å². The molecule has 162 valence electrons. The van der Waals surface area contributed by atoms with Crippen molar-refractivity contribution in [3.05, 3.63) is 64.1 Å². The van der Waals surface area contributed by atoms with E-state index < -0.39 is 6.04 Å². The van der Waals surface area contributed by atoms with Gasteiger partial charge in [0.15, 0.2) is 6.61 Å². The van der Waals surface area contributed by atoms with Crippen molar-refractivity contribution in [3.8, 4) is 5.75 Å². The minimum atomic E-state index is -0.604. The van der Waals surface area contributed by atoms with Crippen LogP contribution in [0.2, 0.25) is 0 Å². The topological polar surface area (TPSA) is 58.6 Å². The lowest BCUT2D eigenvalue weighted by atomic mass is 9.87. The molecule has 0 aliphatic heterocycles. The van der Waals surface area contributed by atoms with Crippen molar-refractivity contribution in [2.45, 2.75) is 52.6 Å². The normalized spacial score (nSPS) is 12.2. The molecule has 2 aromatic carbocycles. The molecule has 2 rings (SSSR count). The summed E-state index contributed by atoms with van der Waals surface area (Å²) in [4.78, 5) is 27.0. The third-order valence-corrected chi connectivity index (χ3v) is 5.48. The Kier molecular flexibility index (Phi) is 8.47. The van der Waals surface area contributed by atoms with E-state index in [0.29, 0.717) is 18.8 Å². The zero-order valence-corrected chi connectivity index (χ0v) is 20.0. The van der Waals surface area contributed by atoms with E-state index in [4.69, 9.17) is 4.74 Å². The summed E-state index contributed by atoms with van der Waals surface area (Å²) in [5.41, 5.74) is 2.15. The highest BCUT2D eigenvalue weighted by Crippen LogP contribution is 2.31. The van der Waals surface area contributed by atoms with Crippen LogP contribution in [-0.4, -0.2) is 35.9 Å². The molecule has 2 amide bonds. The first kappa shape index (κ1) is 23.9. The molecule has 0 spiro atoms. The van der Waals surface area contributed by atoms with E-state index >= 15 is 0 Å². The molecule has 0 bridgehead atoms. The lowest BCUT2D eigenvalue weighted by Crippen LogP contribution is -2.49. The number of rotatable bonds is 8. The van der Waals surface area contributed by atoms with Crippen molar-refractivity contribution in [3.63, 3.8) is 0 Å². The molecule has 2 aromatic rings. The Labute approximate surface area is 187 Å². The Morgan fingerprint density at radius 3 is 2.37 bits per heavy atom.